The molecule has 1 aromatic heterocycles. The van der Waals surface area contributed by atoms with Crippen LogP contribution < -0.4 is 11.1 Å². The molecule has 0 aliphatic heterocycles. The normalized spacial score (nSPS) is 13.2. The lowest BCUT2D eigenvalue weighted by molar-refractivity contribution is -0.118. The quantitative estimate of drug-likeness (QED) is 0.854. The Hall–Kier alpha value is -1.91. The molecule has 0 fully saturated rings. The van der Waals surface area contributed by atoms with Crippen molar-refractivity contribution in [1.82, 2.24) is 15.3 Å². The topological polar surface area (TPSA) is 80.9 Å². The zero-order valence-electron chi connectivity index (χ0n) is 11.3. The van der Waals surface area contributed by atoms with E-state index in [-0.39, 0.29) is 11.9 Å². The van der Waals surface area contributed by atoms with Gasteiger partial charge in [0.1, 0.15) is 0 Å². The number of allylic oxidation sites excluding steroid dienone is 1. The van der Waals surface area contributed by atoms with E-state index >= 15 is 0 Å². The minimum Gasteiger partial charge on any atom is -0.368 e. The molecular formula is C13H20N4O. The number of nitrogens with zero attached hydrogens (tertiary/aromatic N) is 2. The second-order valence-corrected chi connectivity index (χ2v) is 4.39. The van der Waals surface area contributed by atoms with E-state index in [1.54, 1.807) is 6.08 Å². The number of nitrogens with one attached hydrogen (secondary N) is 1. The summed E-state index contributed by atoms with van der Waals surface area (Å²) in [6, 6.07) is 1.90. The number of carbonyl (C=O) groups is 1. The summed E-state index contributed by atoms with van der Waals surface area (Å²) in [7, 11) is 0. The highest BCUT2D eigenvalue weighted by molar-refractivity contribution is 5.76. The number of hydrogen-bond acceptors (Lipinski definition) is 4. The molecule has 1 unspecified atom stereocenters. The number of amides is 1. The molecule has 1 amide bonds. The summed E-state index contributed by atoms with van der Waals surface area (Å²) in [4.78, 5) is 19.3. The van der Waals surface area contributed by atoms with Gasteiger partial charge < -0.3 is 11.1 Å². The van der Waals surface area contributed by atoms with E-state index < -0.39 is 0 Å². The molecule has 18 heavy (non-hydrogen) atoms. The van der Waals surface area contributed by atoms with Crippen LogP contribution in [0.2, 0.25) is 0 Å². The number of hydrogen-bond donors (Lipinski definition) is 2. The van der Waals surface area contributed by atoms with Crippen molar-refractivity contribution in [1.29, 1.82) is 0 Å². The molecule has 5 nitrogen and oxygen atoms in total. The Balaban J connectivity index is 3.02. The van der Waals surface area contributed by atoms with Crippen molar-refractivity contribution in [3.05, 3.63) is 23.2 Å². The Kier molecular flexibility index (Phi) is 4.83. The van der Waals surface area contributed by atoms with Crippen LogP contribution >= 0.6 is 0 Å². The predicted octanol–water partition coefficient (Wildman–Crippen LogP) is 2.07. The fourth-order valence-corrected chi connectivity index (χ4v) is 1.58. The Labute approximate surface area is 108 Å². The second kappa shape index (κ2) is 6.14. The molecule has 1 atom stereocenters. The second-order valence-electron chi connectivity index (χ2n) is 4.39. The molecule has 1 heterocycles. The van der Waals surface area contributed by atoms with Gasteiger partial charge in [0.25, 0.3) is 0 Å². The van der Waals surface area contributed by atoms with Crippen molar-refractivity contribution in [2.45, 2.75) is 40.0 Å². The monoisotopic (exact) mass is 248 g/mol. The summed E-state index contributed by atoms with van der Waals surface area (Å²) >= 11 is 0. The van der Waals surface area contributed by atoms with Crippen LogP contribution in [-0.4, -0.2) is 15.9 Å². The van der Waals surface area contributed by atoms with Crippen molar-refractivity contribution < 1.29 is 4.79 Å². The van der Waals surface area contributed by atoms with Crippen LogP contribution in [0.15, 0.2) is 11.8 Å². The highest BCUT2D eigenvalue weighted by Gasteiger charge is 2.07. The largest absolute Gasteiger partial charge is 0.368 e. The van der Waals surface area contributed by atoms with Crippen LogP contribution in [-0.2, 0) is 4.79 Å². The van der Waals surface area contributed by atoms with E-state index in [2.05, 4.69) is 29.1 Å². The van der Waals surface area contributed by atoms with E-state index in [9.17, 15) is 4.79 Å². The first-order valence-electron chi connectivity index (χ1n) is 6.02. The first-order valence-corrected chi connectivity index (χ1v) is 6.02. The molecule has 1 aromatic rings. The standard InChI is InChI=1S/C13H20N4O/c1-5-8(2)12-7-11(16-13(14)17-12)6-9(3)15-10(4)18/h6-8H,5H2,1-4H3,(H,15,18)(H2,14,16,17)/b9-6+. The first-order chi connectivity index (χ1) is 8.42. The van der Waals surface area contributed by atoms with Gasteiger partial charge in [-0.05, 0) is 31.4 Å². The zero-order valence-corrected chi connectivity index (χ0v) is 11.3. The number of nitrogens with two attached hydrogens (primary N) is 1. The molecule has 5 heteroatoms. The van der Waals surface area contributed by atoms with Crippen molar-refractivity contribution in [2.24, 2.45) is 0 Å². The minimum atomic E-state index is -0.104. The molecular weight excluding hydrogens is 228 g/mol. The summed E-state index contributed by atoms with van der Waals surface area (Å²) in [5.41, 5.74) is 8.06. The summed E-state index contributed by atoms with van der Waals surface area (Å²) in [6.45, 7) is 7.47. The maximum atomic E-state index is 10.9. The van der Waals surface area contributed by atoms with Crippen LogP contribution in [0.3, 0.4) is 0 Å². The van der Waals surface area contributed by atoms with Crippen LogP contribution in [0.1, 0.15) is 51.4 Å². The van der Waals surface area contributed by atoms with Crippen molar-refractivity contribution >= 4 is 17.9 Å². The zero-order chi connectivity index (χ0) is 13.7. The van der Waals surface area contributed by atoms with Crippen LogP contribution in [0.25, 0.3) is 6.08 Å². The van der Waals surface area contributed by atoms with Gasteiger partial charge in [-0.25, -0.2) is 9.97 Å². The lowest BCUT2D eigenvalue weighted by atomic mass is 10.0. The maximum Gasteiger partial charge on any atom is 0.220 e. The van der Waals surface area contributed by atoms with Gasteiger partial charge in [0.05, 0.1) is 5.69 Å². The van der Waals surface area contributed by atoms with Gasteiger partial charge in [-0.1, -0.05) is 13.8 Å². The number of carbonyl (C=O) groups excluding carboxylic acids is 1. The van der Waals surface area contributed by atoms with Gasteiger partial charge in [0.2, 0.25) is 11.9 Å². The summed E-state index contributed by atoms with van der Waals surface area (Å²) in [5, 5.41) is 2.69. The van der Waals surface area contributed by atoms with Crippen LogP contribution in [0.5, 0.6) is 0 Å². The van der Waals surface area contributed by atoms with Crippen LogP contribution in [0.4, 0.5) is 5.95 Å². The lowest BCUT2D eigenvalue weighted by Gasteiger charge is -2.09. The smallest absolute Gasteiger partial charge is 0.220 e. The Morgan fingerprint density at radius 3 is 2.72 bits per heavy atom. The summed E-state index contributed by atoms with van der Waals surface area (Å²) < 4.78 is 0. The molecule has 0 aliphatic carbocycles. The number of rotatable bonds is 4. The molecule has 0 aliphatic rings. The predicted molar refractivity (Wildman–Crippen MR) is 72.6 cm³/mol. The van der Waals surface area contributed by atoms with E-state index in [0.29, 0.717) is 11.6 Å². The Bertz CT molecular complexity index is 468. The molecule has 0 aromatic carbocycles. The average molecular weight is 248 g/mol. The molecule has 0 saturated carbocycles. The third-order valence-electron chi connectivity index (χ3n) is 2.64. The first kappa shape index (κ1) is 14.2. The number of anilines is 1. The molecule has 0 radical (unpaired) electrons. The third kappa shape index (κ3) is 4.16. The van der Waals surface area contributed by atoms with E-state index in [1.165, 1.54) is 6.92 Å². The Morgan fingerprint density at radius 1 is 1.50 bits per heavy atom. The van der Waals surface area contributed by atoms with Crippen LogP contribution in [0, 0.1) is 0 Å². The average Bonchev–Trinajstić information content (AvgIpc) is 2.25. The fraction of sp³-hybridized carbons (Fsp3) is 0.462. The van der Waals surface area contributed by atoms with Gasteiger partial charge in [-0.15, -0.1) is 0 Å². The Morgan fingerprint density at radius 2 is 2.17 bits per heavy atom. The van der Waals surface area contributed by atoms with Crippen molar-refractivity contribution in [2.75, 3.05) is 5.73 Å². The van der Waals surface area contributed by atoms with Gasteiger partial charge in [-0.2, -0.15) is 0 Å². The number of aromatic nitrogens is 2. The van der Waals surface area contributed by atoms with E-state index in [4.69, 9.17) is 5.73 Å². The lowest BCUT2D eigenvalue weighted by Crippen LogP contribution is -2.17. The minimum absolute atomic E-state index is 0.104. The summed E-state index contributed by atoms with van der Waals surface area (Å²) in [5.74, 6) is 0.492. The van der Waals surface area contributed by atoms with Gasteiger partial charge in [0.15, 0.2) is 0 Å². The highest BCUT2D eigenvalue weighted by Crippen LogP contribution is 2.18. The molecule has 0 bridgehead atoms. The molecule has 98 valence electrons. The highest BCUT2D eigenvalue weighted by atomic mass is 16.1. The molecule has 0 saturated heterocycles. The molecule has 3 N–H and O–H groups in total. The van der Waals surface area contributed by atoms with Gasteiger partial charge >= 0.3 is 0 Å². The molecule has 0 spiro atoms. The number of nitrogen functional groups attached to an aromatic ring is 1. The van der Waals surface area contributed by atoms with Crippen molar-refractivity contribution in [3.8, 4) is 0 Å². The molecule has 1 rings (SSSR count). The third-order valence-corrected chi connectivity index (χ3v) is 2.64. The summed E-state index contributed by atoms with van der Waals surface area (Å²) in [6.07, 6.45) is 2.77. The fourth-order valence-electron chi connectivity index (χ4n) is 1.58. The van der Waals surface area contributed by atoms with E-state index in [1.807, 2.05) is 13.0 Å². The van der Waals surface area contributed by atoms with Crippen molar-refractivity contribution in [3.63, 3.8) is 0 Å². The SMILES string of the molecule is CCC(C)c1cc(/C=C(\C)NC(C)=O)nc(N)n1. The van der Waals surface area contributed by atoms with E-state index in [0.717, 1.165) is 17.8 Å². The van der Waals surface area contributed by atoms with Gasteiger partial charge in [0, 0.05) is 18.3 Å². The van der Waals surface area contributed by atoms with Gasteiger partial charge in [-0.3, -0.25) is 4.79 Å². The maximum absolute atomic E-state index is 10.9.